The van der Waals surface area contributed by atoms with Crippen LogP contribution in [0.1, 0.15) is 26.5 Å². The van der Waals surface area contributed by atoms with Gasteiger partial charge in [-0.15, -0.1) is 0 Å². The van der Waals surface area contributed by atoms with E-state index >= 15 is 0 Å². The lowest BCUT2D eigenvalue weighted by molar-refractivity contribution is -0.137. The number of amides is 2. The summed E-state index contributed by atoms with van der Waals surface area (Å²) < 4.78 is 61.8. The number of thioether (sulfide) groups is 1. The number of aldehydes is 1. The van der Waals surface area contributed by atoms with E-state index in [-0.39, 0.29) is 48.5 Å². The van der Waals surface area contributed by atoms with Gasteiger partial charge < -0.3 is 50.9 Å². The first-order valence-corrected chi connectivity index (χ1v) is 20.1. The van der Waals surface area contributed by atoms with Crippen molar-refractivity contribution >= 4 is 75.4 Å². The molecule has 10 N–H and O–H groups in total. The fourth-order valence-electron chi connectivity index (χ4n) is 4.32. The van der Waals surface area contributed by atoms with Crippen LogP contribution in [-0.2, 0) is 55.5 Å². The van der Waals surface area contributed by atoms with E-state index in [0.717, 1.165) is 17.2 Å². The zero-order chi connectivity index (χ0) is 39.1. The van der Waals surface area contributed by atoms with Crippen molar-refractivity contribution in [3.8, 4) is 0 Å². The highest BCUT2D eigenvalue weighted by Gasteiger charge is 2.50. The predicted molar refractivity (Wildman–Crippen MR) is 173 cm³/mol. The number of aromatic nitrogens is 4. The third-order valence-electron chi connectivity index (χ3n) is 6.84. The van der Waals surface area contributed by atoms with Crippen molar-refractivity contribution in [1.82, 2.24) is 30.2 Å². The fourth-order valence-corrected chi connectivity index (χ4v) is 7.62. The largest absolute Gasteiger partial charge is 0.481 e. The molecule has 0 aliphatic carbocycles. The summed E-state index contributed by atoms with van der Waals surface area (Å²) in [4.78, 5) is 96.2. The number of carbonyl (C=O) groups excluding carboxylic acids is 4. The molecule has 1 saturated heterocycles. The molecule has 3 rings (SSSR count). The molecule has 0 radical (unpaired) electrons. The van der Waals surface area contributed by atoms with Gasteiger partial charge in [0.2, 0.25) is 11.8 Å². The van der Waals surface area contributed by atoms with Crippen molar-refractivity contribution in [3.05, 3.63) is 12.7 Å². The molecule has 3 heterocycles. The summed E-state index contributed by atoms with van der Waals surface area (Å²) in [5.74, 6) is -1.43. The number of nitrogens with zero attached hydrogens (tertiary/aromatic N) is 4. The average molecular weight is 824 g/mol. The van der Waals surface area contributed by atoms with Gasteiger partial charge in [-0.3, -0.25) is 37.3 Å². The number of imidazole rings is 1. The van der Waals surface area contributed by atoms with Crippen LogP contribution in [0.15, 0.2) is 12.7 Å². The van der Waals surface area contributed by atoms with E-state index in [1.165, 1.54) is 13.8 Å². The second-order valence-electron chi connectivity index (χ2n) is 11.4. The molecule has 0 saturated carbocycles. The standard InChI is InChI=1S/C23H36N7O18P3S/c1-23(2,18(35)21(36)26-4-3-13(32)25-5-6-52-14(33)7-31)9-45-51(42,43)48-50(40,41)44-8-12-17(47-49(37,38)39)16(34)22(46-12)30-11-29-15-19(24)27-10-28-20(15)30/h7,10-12,16-18,22,34-35H,3-6,8-9H2,1-2H3,(H,25,32)(H,26,36)(H,40,41)(H,42,43)(H2,24,27,28)(H2,37,38,39)/t12-,16-,17-,18?,22-/m1/s1. The molecule has 29 heteroatoms. The molecule has 292 valence electrons. The summed E-state index contributed by atoms with van der Waals surface area (Å²) in [6.07, 6.45) is -6.90. The van der Waals surface area contributed by atoms with Crippen molar-refractivity contribution in [1.29, 1.82) is 0 Å². The number of phosphoric acid groups is 3. The van der Waals surface area contributed by atoms with Gasteiger partial charge in [0.1, 0.15) is 36.3 Å². The highest BCUT2D eigenvalue weighted by atomic mass is 32.2. The number of fused-ring (bicyclic) bond motifs is 1. The van der Waals surface area contributed by atoms with E-state index in [9.17, 15) is 62.7 Å². The van der Waals surface area contributed by atoms with E-state index in [2.05, 4.69) is 34.4 Å². The Morgan fingerprint density at radius 3 is 2.42 bits per heavy atom. The number of aliphatic hydroxyl groups is 2. The molecule has 2 aromatic rings. The van der Waals surface area contributed by atoms with E-state index in [1.54, 1.807) is 0 Å². The van der Waals surface area contributed by atoms with Crippen LogP contribution in [0.25, 0.3) is 11.2 Å². The monoisotopic (exact) mass is 823 g/mol. The maximum absolute atomic E-state index is 12.6. The lowest BCUT2D eigenvalue weighted by Crippen LogP contribution is -2.46. The number of aliphatic hydroxyl groups excluding tert-OH is 2. The lowest BCUT2D eigenvalue weighted by Gasteiger charge is -2.30. The molecule has 0 spiro atoms. The molecular weight excluding hydrogens is 787 g/mol. The van der Waals surface area contributed by atoms with Crippen LogP contribution < -0.4 is 16.4 Å². The summed E-state index contributed by atoms with van der Waals surface area (Å²) in [6, 6.07) is 0. The van der Waals surface area contributed by atoms with E-state index in [0.29, 0.717) is 11.8 Å². The second kappa shape index (κ2) is 18.0. The van der Waals surface area contributed by atoms with Gasteiger partial charge >= 0.3 is 23.5 Å². The number of phosphoric ester groups is 3. The van der Waals surface area contributed by atoms with Crippen LogP contribution in [0.4, 0.5) is 5.82 Å². The average Bonchev–Trinajstić information content (AvgIpc) is 3.60. The summed E-state index contributed by atoms with van der Waals surface area (Å²) in [5.41, 5.74) is 4.21. The molecule has 52 heavy (non-hydrogen) atoms. The van der Waals surface area contributed by atoms with Crippen LogP contribution in [0.3, 0.4) is 0 Å². The van der Waals surface area contributed by atoms with Crippen molar-refractivity contribution in [2.24, 2.45) is 5.41 Å². The van der Waals surface area contributed by atoms with Gasteiger partial charge in [0.15, 0.2) is 24.0 Å². The quantitative estimate of drug-likeness (QED) is 0.0298. The summed E-state index contributed by atoms with van der Waals surface area (Å²) >= 11 is 0.702. The number of ether oxygens (including phenoxy) is 1. The maximum Gasteiger partial charge on any atom is 0.481 e. The minimum atomic E-state index is -5.57. The molecule has 1 aliphatic heterocycles. The molecule has 0 aromatic carbocycles. The van der Waals surface area contributed by atoms with Crippen LogP contribution >= 0.6 is 35.2 Å². The molecule has 25 nitrogen and oxygen atoms in total. The Labute approximate surface area is 297 Å². The molecule has 1 aliphatic rings. The van der Waals surface area contributed by atoms with Gasteiger partial charge in [-0.2, -0.15) is 4.31 Å². The highest BCUT2D eigenvalue weighted by molar-refractivity contribution is 8.15. The van der Waals surface area contributed by atoms with Crippen molar-refractivity contribution in [2.45, 2.75) is 50.9 Å². The SMILES string of the molecule is CC(C)(COP(=O)(O)OP(=O)(O)OC[C@H]1O[C@@H](n2cnc3c(N)ncnc32)[C@H](O)[C@@H]1OP(=O)(O)O)C(O)C(=O)NCCC(=O)NCCSC(=O)C=O. The number of nitrogen functional groups attached to an aromatic ring is 1. The number of rotatable bonds is 20. The number of anilines is 1. The van der Waals surface area contributed by atoms with Crippen LogP contribution in [0, 0.1) is 5.41 Å². The zero-order valence-corrected chi connectivity index (χ0v) is 30.6. The van der Waals surface area contributed by atoms with E-state index < -0.39 is 89.7 Å². The van der Waals surface area contributed by atoms with Gasteiger partial charge in [-0.1, -0.05) is 25.6 Å². The molecule has 2 aromatic heterocycles. The Morgan fingerprint density at radius 1 is 1.10 bits per heavy atom. The number of hydrogen-bond acceptors (Lipinski definition) is 19. The predicted octanol–water partition coefficient (Wildman–Crippen LogP) is -2.14. The third-order valence-corrected chi connectivity index (χ3v) is 10.7. The zero-order valence-electron chi connectivity index (χ0n) is 27.1. The third kappa shape index (κ3) is 12.7. The first-order valence-electron chi connectivity index (χ1n) is 14.6. The topological polar surface area (TPSA) is 381 Å². The molecule has 3 unspecified atom stereocenters. The lowest BCUT2D eigenvalue weighted by atomic mass is 9.87. The molecular formula is C23H36N7O18P3S. The molecule has 2 amide bonds. The van der Waals surface area contributed by atoms with Gasteiger partial charge in [0, 0.05) is 30.7 Å². The Kier molecular flexibility index (Phi) is 15.1. The van der Waals surface area contributed by atoms with Gasteiger partial charge in [0.25, 0.3) is 5.12 Å². The Morgan fingerprint density at radius 2 is 1.77 bits per heavy atom. The van der Waals surface area contributed by atoms with Gasteiger partial charge in [-0.25, -0.2) is 28.6 Å². The Bertz CT molecular complexity index is 1760. The van der Waals surface area contributed by atoms with E-state index in [4.69, 9.17) is 19.5 Å². The number of nitrogens with two attached hydrogens (primary N) is 1. The van der Waals surface area contributed by atoms with Crippen molar-refractivity contribution < 1.29 is 85.3 Å². The van der Waals surface area contributed by atoms with Crippen molar-refractivity contribution in [3.63, 3.8) is 0 Å². The Hall–Kier alpha value is -2.77. The number of nitrogens with one attached hydrogen (secondary N) is 2. The smallest absolute Gasteiger partial charge is 0.386 e. The van der Waals surface area contributed by atoms with Crippen LogP contribution in [0.5, 0.6) is 0 Å². The summed E-state index contributed by atoms with van der Waals surface area (Å²) in [7, 11) is -16.4. The van der Waals surface area contributed by atoms with Crippen molar-refractivity contribution in [2.75, 3.05) is 37.8 Å². The minimum Gasteiger partial charge on any atom is -0.386 e. The molecule has 1 fully saturated rings. The van der Waals surface area contributed by atoms with E-state index in [1.807, 2.05) is 0 Å². The molecule has 0 bridgehead atoms. The minimum absolute atomic E-state index is 0.0231. The number of carbonyl (C=O) groups is 4. The first-order chi connectivity index (χ1) is 24.1. The van der Waals surface area contributed by atoms with Gasteiger partial charge in [-0.05, 0) is 0 Å². The summed E-state index contributed by atoms with van der Waals surface area (Å²) in [5, 5.41) is 25.3. The van der Waals surface area contributed by atoms with Crippen LogP contribution in [-0.4, -0.2) is 129 Å². The normalized spacial score (nSPS) is 22.3. The first kappa shape index (κ1) is 43.6. The fraction of sp³-hybridized carbons (Fsp3) is 0.609. The molecule has 7 atom stereocenters. The second-order valence-corrected chi connectivity index (χ2v) is 16.7. The van der Waals surface area contributed by atoms with Gasteiger partial charge in [0.05, 0.1) is 19.5 Å². The number of hydrogen-bond donors (Lipinski definition) is 9. The highest BCUT2D eigenvalue weighted by Crippen LogP contribution is 2.61. The maximum atomic E-state index is 12.6. The Balaban J connectivity index is 1.54. The van der Waals surface area contributed by atoms with Crippen LogP contribution in [0.2, 0.25) is 0 Å². The summed E-state index contributed by atoms with van der Waals surface area (Å²) in [6.45, 7) is 0.229.